The van der Waals surface area contributed by atoms with Crippen LogP contribution in [0.15, 0.2) is 45.8 Å². The van der Waals surface area contributed by atoms with E-state index >= 15 is 0 Å². The topological polar surface area (TPSA) is 107 Å². The van der Waals surface area contributed by atoms with Crippen LogP contribution in [0, 0.1) is 0 Å². The van der Waals surface area contributed by atoms with Crippen LogP contribution >= 0.6 is 15.9 Å². The minimum atomic E-state index is -3.93. The average Bonchev–Trinajstić information content (AvgIpc) is 3.10. The summed E-state index contributed by atoms with van der Waals surface area (Å²) >= 11 is 3.41. The van der Waals surface area contributed by atoms with Crippen molar-refractivity contribution in [3.63, 3.8) is 0 Å². The van der Waals surface area contributed by atoms with Crippen molar-refractivity contribution in [1.29, 1.82) is 0 Å². The number of amides is 3. The molecule has 0 spiro atoms. The van der Waals surface area contributed by atoms with Crippen LogP contribution in [0.3, 0.4) is 0 Å². The molecular formula is C25H29BrN4O5S. The summed E-state index contributed by atoms with van der Waals surface area (Å²) in [5.74, 6) is -0.500. The molecule has 3 fully saturated rings. The standard InChI is InChI=1S/C25H29BrN4O5S/c1-16(31)29-13-20-7-8-21(14-29)30(20)24(32)15-28-10-2-3-23(25(28)33)27-36(34,35)22-9-5-17-11-19(26)6-4-18(17)12-22/h4-6,9,11-12,20-21,23,27H,2-3,7-8,10,13-15H2,1H3/t20?,21?,23-/m0/s1. The van der Waals surface area contributed by atoms with Crippen molar-refractivity contribution in [1.82, 2.24) is 19.4 Å². The predicted molar refractivity (Wildman–Crippen MR) is 137 cm³/mol. The Morgan fingerprint density at radius 2 is 1.69 bits per heavy atom. The van der Waals surface area contributed by atoms with E-state index in [0.29, 0.717) is 32.5 Å². The summed E-state index contributed by atoms with van der Waals surface area (Å²) in [6.45, 7) is 2.93. The van der Waals surface area contributed by atoms with Gasteiger partial charge in [0.15, 0.2) is 0 Å². The first kappa shape index (κ1) is 25.2. The molecule has 192 valence electrons. The summed E-state index contributed by atoms with van der Waals surface area (Å²) in [5.41, 5.74) is 0. The van der Waals surface area contributed by atoms with Gasteiger partial charge in [0, 0.05) is 43.1 Å². The summed E-state index contributed by atoms with van der Waals surface area (Å²) in [7, 11) is -3.93. The van der Waals surface area contributed by atoms with E-state index in [1.807, 2.05) is 23.1 Å². The van der Waals surface area contributed by atoms with E-state index in [9.17, 15) is 22.8 Å². The number of sulfonamides is 1. The highest BCUT2D eigenvalue weighted by atomic mass is 79.9. The van der Waals surface area contributed by atoms with Gasteiger partial charge in [-0.2, -0.15) is 4.72 Å². The highest BCUT2D eigenvalue weighted by Crippen LogP contribution is 2.31. The van der Waals surface area contributed by atoms with Crippen LogP contribution in [-0.2, 0) is 24.4 Å². The summed E-state index contributed by atoms with van der Waals surface area (Å²) in [5, 5.41) is 1.68. The van der Waals surface area contributed by atoms with Crippen LogP contribution in [0.2, 0.25) is 0 Å². The molecule has 0 saturated carbocycles. The number of hydrogen-bond acceptors (Lipinski definition) is 5. The number of piperazine rings is 1. The van der Waals surface area contributed by atoms with Gasteiger partial charge in [-0.05, 0) is 60.7 Å². The van der Waals surface area contributed by atoms with E-state index in [2.05, 4.69) is 20.7 Å². The number of nitrogens with one attached hydrogen (secondary N) is 1. The molecule has 2 bridgehead atoms. The first-order valence-corrected chi connectivity index (χ1v) is 14.5. The monoisotopic (exact) mass is 576 g/mol. The minimum Gasteiger partial charge on any atom is -0.339 e. The maximum atomic E-state index is 13.2. The number of carbonyl (C=O) groups excluding carboxylic acids is 3. The highest BCUT2D eigenvalue weighted by Gasteiger charge is 2.44. The first-order valence-electron chi connectivity index (χ1n) is 12.2. The molecule has 2 aromatic carbocycles. The molecule has 11 heteroatoms. The van der Waals surface area contributed by atoms with Gasteiger partial charge in [0.1, 0.15) is 6.04 Å². The van der Waals surface area contributed by atoms with Gasteiger partial charge in [-0.25, -0.2) is 8.42 Å². The molecule has 2 unspecified atom stereocenters. The minimum absolute atomic E-state index is 0.0135. The molecular weight excluding hydrogens is 548 g/mol. The van der Waals surface area contributed by atoms with Gasteiger partial charge in [0.2, 0.25) is 27.7 Å². The zero-order valence-corrected chi connectivity index (χ0v) is 22.4. The Morgan fingerprint density at radius 1 is 1.03 bits per heavy atom. The number of likely N-dealkylation sites (tertiary alicyclic amines) is 2. The molecule has 3 aliphatic heterocycles. The van der Waals surface area contributed by atoms with Crippen LogP contribution in [0.4, 0.5) is 0 Å². The van der Waals surface area contributed by atoms with Gasteiger partial charge in [-0.1, -0.05) is 28.1 Å². The van der Waals surface area contributed by atoms with Crippen LogP contribution in [0.5, 0.6) is 0 Å². The van der Waals surface area contributed by atoms with Crippen LogP contribution < -0.4 is 4.72 Å². The van der Waals surface area contributed by atoms with Crippen molar-refractivity contribution in [3.8, 4) is 0 Å². The lowest BCUT2D eigenvalue weighted by atomic mass is 10.1. The predicted octanol–water partition coefficient (Wildman–Crippen LogP) is 2.09. The molecule has 3 saturated heterocycles. The number of carbonyl (C=O) groups is 3. The van der Waals surface area contributed by atoms with Crippen molar-refractivity contribution in [2.45, 2.75) is 55.6 Å². The molecule has 3 heterocycles. The number of halogens is 1. The smallest absolute Gasteiger partial charge is 0.242 e. The van der Waals surface area contributed by atoms with Crippen molar-refractivity contribution in [2.24, 2.45) is 0 Å². The van der Waals surface area contributed by atoms with Crippen LogP contribution in [0.1, 0.15) is 32.6 Å². The molecule has 0 aromatic heterocycles. The fraction of sp³-hybridized carbons (Fsp3) is 0.480. The molecule has 36 heavy (non-hydrogen) atoms. The molecule has 3 aliphatic rings. The van der Waals surface area contributed by atoms with Gasteiger partial charge in [-0.15, -0.1) is 0 Å². The van der Waals surface area contributed by atoms with Crippen LogP contribution in [-0.4, -0.2) is 85.1 Å². The first-order chi connectivity index (χ1) is 17.1. The van der Waals surface area contributed by atoms with Gasteiger partial charge in [0.25, 0.3) is 0 Å². The number of rotatable bonds is 5. The van der Waals surface area contributed by atoms with Gasteiger partial charge < -0.3 is 14.7 Å². The maximum Gasteiger partial charge on any atom is 0.242 e. The van der Waals surface area contributed by atoms with Crippen molar-refractivity contribution in [2.75, 3.05) is 26.2 Å². The molecule has 2 aromatic rings. The molecule has 9 nitrogen and oxygen atoms in total. The van der Waals surface area contributed by atoms with E-state index < -0.39 is 16.1 Å². The zero-order chi connectivity index (χ0) is 25.6. The number of piperidine rings is 1. The van der Waals surface area contributed by atoms with E-state index in [0.717, 1.165) is 28.1 Å². The Balaban J connectivity index is 1.26. The van der Waals surface area contributed by atoms with E-state index in [-0.39, 0.29) is 41.2 Å². The van der Waals surface area contributed by atoms with Gasteiger partial charge >= 0.3 is 0 Å². The quantitative estimate of drug-likeness (QED) is 0.586. The third-order valence-corrected chi connectivity index (χ3v) is 9.42. The zero-order valence-electron chi connectivity index (χ0n) is 20.0. The maximum absolute atomic E-state index is 13.2. The molecule has 3 atom stereocenters. The second kappa shape index (κ2) is 9.75. The Bertz CT molecular complexity index is 1320. The lowest BCUT2D eigenvalue weighted by Gasteiger charge is -2.42. The fourth-order valence-corrected chi connectivity index (χ4v) is 7.27. The fourth-order valence-electron chi connectivity index (χ4n) is 5.64. The molecule has 1 N–H and O–H groups in total. The molecule has 5 rings (SSSR count). The van der Waals surface area contributed by atoms with Gasteiger partial charge in [0.05, 0.1) is 11.4 Å². The summed E-state index contributed by atoms with van der Waals surface area (Å²) in [6.07, 6.45) is 2.67. The lowest BCUT2D eigenvalue weighted by molar-refractivity contribution is -0.148. The Labute approximate surface area is 219 Å². The average molecular weight is 578 g/mol. The van der Waals surface area contributed by atoms with Crippen molar-refractivity contribution < 1.29 is 22.8 Å². The second-order valence-corrected chi connectivity index (χ2v) is 12.5. The number of nitrogens with zero attached hydrogens (tertiary/aromatic N) is 3. The normalized spacial score (nSPS) is 24.4. The molecule has 3 amide bonds. The SMILES string of the molecule is CC(=O)N1CC2CCC(C1)N2C(=O)CN1CCC[C@H](NS(=O)(=O)c2ccc3cc(Br)ccc3c2)C1=O. The lowest BCUT2D eigenvalue weighted by Crippen LogP contribution is -2.60. The third kappa shape index (κ3) is 4.88. The van der Waals surface area contributed by atoms with Crippen molar-refractivity contribution >= 4 is 54.4 Å². The Kier molecular flexibility index (Phi) is 6.82. The van der Waals surface area contributed by atoms with E-state index in [1.54, 1.807) is 24.0 Å². The summed E-state index contributed by atoms with van der Waals surface area (Å²) < 4.78 is 29.7. The van der Waals surface area contributed by atoms with E-state index in [1.165, 1.54) is 11.0 Å². The molecule has 0 aliphatic carbocycles. The van der Waals surface area contributed by atoms with Crippen LogP contribution in [0.25, 0.3) is 10.8 Å². The summed E-state index contributed by atoms with van der Waals surface area (Å²) in [6, 6.07) is 9.48. The third-order valence-electron chi connectivity index (χ3n) is 7.45. The largest absolute Gasteiger partial charge is 0.339 e. The second-order valence-electron chi connectivity index (χ2n) is 9.84. The van der Waals surface area contributed by atoms with E-state index in [4.69, 9.17) is 0 Å². The number of benzene rings is 2. The number of fused-ring (bicyclic) bond motifs is 3. The Hall–Kier alpha value is -2.50. The highest BCUT2D eigenvalue weighted by molar-refractivity contribution is 9.10. The Morgan fingerprint density at radius 3 is 2.39 bits per heavy atom. The number of hydrogen-bond donors (Lipinski definition) is 1. The summed E-state index contributed by atoms with van der Waals surface area (Å²) in [4.78, 5) is 43.4. The van der Waals surface area contributed by atoms with Crippen molar-refractivity contribution in [3.05, 3.63) is 40.9 Å². The van der Waals surface area contributed by atoms with Gasteiger partial charge in [-0.3, -0.25) is 14.4 Å². The molecule has 0 radical (unpaired) electrons.